The van der Waals surface area contributed by atoms with E-state index in [4.69, 9.17) is 5.26 Å². The standard InChI is InChI=1S/C13H16BrN3O/c1-3-9(2)16-8-13(18)17-12-5-4-10(7-15)6-11(12)14/h4-6,9,16H,3,8H2,1-2H3,(H,17,18). The maximum absolute atomic E-state index is 11.7. The minimum absolute atomic E-state index is 0.0966. The van der Waals surface area contributed by atoms with Crippen LogP contribution in [0.3, 0.4) is 0 Å². The maximum Gasteiger partial charge on any atom is 0.238 e. The lowest BCUT2D eigenvalue weighted by Gasteiger charge is -2.12. The summed E-state index contributed by atoms with van der Waals surface area (Å²) in [6.07, 6.45) is 0.980. The van der Waals surface area contributed by atoms with Gasteiger partial charge in [-0.2, -0.15) is 5.26 Å². The van der Waals surface area contributed by atoms with Crippen LogP contribution in [0, 0.1) is 11.3 Å². The molecule has 2 N–H and O–H groups in total. The Labute approximate surface area is 116 Å². The van der Waals surface area contributed by atoms with Crippen molar-refractivity contribution in [2.24, 2.45) is 0 Å². The van der Waals surface area contributed by atoms with Crippen LogP contribution in [0.15, 0.2) is 22.7 Å². The molecule has 0 fully saturated rings. The van der Waals surface area contributed by atoms with Crippen LogP contribution in [0.4, 0.5) is 5.69 Å². The van der Waals surface area contributed by atoms with Crippen LogP contribution < -0.4 is 10.6 Å². The highest BCUT2D eigenvalue weighted by molar-refractivity contribution is 9.10. The normalized spacial score (nSPS) is 11.7. The number of hydrogen-bond acceptors (Lipinski definition) is 3. The van der Waals surface area contributed by atoms with E-state index in [1.165, 1.54) is 0 Å². The summed E-state index contributed by atoms with van der Waals surface area (Å²) < 4.78 is 0.707. The van der Waals surface area contributed by atoms with Crippen LogP contribution >= 0.6 is 15.9 Å². The molecule has 18 heavy (non-hydrogen) atoms. The number of nitriles is 1. The van der Waals surface area contributed by atoms with E-state index >= 15 is 0 Å². The molecule has 0 aliphatic carbocycles. The molecular weight excluding hydrogens is 294 g/mol. The van der Waals surface area contributed by atoms with Gasteiger partial charge in [0.25, 0.3) is 0 Å². The third-order valence-electron chi connectivity index (χ3n) is 2.60. The number of amides is 1. The highest BCUT2D eigenvalue weighted by atomic mass is 79.9. The average Bonchev–Trinajstić information content (AvgIpc) is 2.38. The average molecular weight is 310 g/mol. The summed E-state index contributed by atoms with van der Waals surface area (Å²) in [5, 5.41) is 14.6. The van der Waals surface area contributed by atoms with Gasteiger partial charge in [0.15, 0.2) is 0 Å². The zero-order valence-corrected chi connectivity index (χ0v) is 12.0. The Morgan fingerprint density at radius 3 is 2.83 bits per heavy atom. The third-order valence-corrected chi connectivity index (χ3v) is 3.25. The van der Waals surface area contributed by atoms with Gasteiger partial charge in [-0.3, -0.25) is 4.79 Å². The summed E-state index contributed by atoms with van der Waals surface area (Å²) in [6, 6.07) is 7.42. The van der Waals surface area contributed by atoms with Crippen molar-refractivity contribution < 1.29 is 4.79 Å². The van der Waals surface area contributed by atoms with Crippen molar-refractivity contribution in [2.75, 3.05) is 11.9 Å². The number of hydrogen-bond donors (Lipinski definition) is 2. The summed E-state index contributed by atoms with van der Waals surface area (Å²) in [4.78, 5) is 11.7. The van der Waals surface area contributed by atoms with Gasteiger partial charge in [0.05, 0.1) is 23.9 Å². The summed E-state index contributed by atoms with van der Waals surface area (Å²) >= 11 is 3.32. The Kier molecular flexibility index (Phi) is 5.83. The van der Waals surface area contributed by atoms with Gasteiger partial charge in [0.2, 0.25) is 5.91 Å². The number of carbonyl (C=O) groups excluding carboxylic acids is 1. The van der Waals surface area contributed by atoms with Crippen LogP contribution in [0.1, 0.15) is 25.8 Å². The van der Waals surface area contributed by atoms with E-state index in [2.05, 4.69) is 33.5 Å². The van der Waals surface area contributed by atoms with Crippen LogP contribution in [-0.2, 0) is 4.79 Å². The number of anilines is 1. The van der Waals surface area contributed by atoms with Gasteiger partial charge in [-0.25, -0.2) is 0 Å². The molecule has 0 bridgehead atoms. The first-order chi connectivity index (χ1) is 8.56. The van der Waals surface area contributed by atoms with Crippen molar-refractivity contribution in [1.29, 1.82) is 5.26 Å². The molecule has 0 aromatic heterocycles. The molecule has 1 amide bonds. The molecule has 1 atom stereocenters. The molecule has 1 aromatic carbocycles. The molecule has 0 aliphatic heterocycles. The van der Waals surface area contributed by atoms with Crippen molar-refractivity contribution in [1.82, 2.24) is 5.32 Å². The number of nitrogens with zero attached hydrogens (tertiary/aromatic N) is 1. The first-order valence-electron chi connectivity index (χ1n) is 5.79. The van der Waals surface area contributed by atoms with Crippen LogP contribution in [0.25, 0.3) is 0 Å². The largest absolute Gasteiger partial charge is 0.324 e. The highest BCUT2D eigenvalue weighted by Crippen LogP contribution is 2.23. The van der Waals surface area contributed by atoms with E-state index < -0.39 is 0 Å². The van der Waals surface area contributed by atoms with E-state index in [9.17, 15) is 4.79 Å². The molecular formula is C13H16BrN3O. The van der Waals surface area contributed by atoms with E-state index in [-0.39, 0.29) is 12.5 Å². The van der Waals surface area contributed by atoms with Crippen molar-refractivity contribution >= 4 is 27.5 Å². The van der Waals surface area contributed by atoms with Gasteiger partial charge in [-0.15, -0.1) is 0 Å². The van der Waals surface area contributed by atoms with Gasteiger partial charge in [-0.05, 0) is 47.5 Å². The molecule has 0 saturated heterocycles. The molecule has 0 saturated carbocycles. The number of rotatable bonds is 5. The molecule has 4 nitrogen and oxygen atoms in total. The Morgan fingerprint density at radius 1 is 1.56 bits per heavy atom. The van der Waals surface area contributed by atoms with Gasteiger partial charge in [-0.1, -0.05) is 6.92 Å². The smallest absolute Gasteiger partial charge is 0.238 e. The van der Waals surface area contributed by atoms with E-state index in [1.807, 2.05) is 13.0 Å². The molecule has 1 rings (SSSR count). The lowest BCUT2D eigenvalue weighted by molar-refractivity contribution is -0.115. The molecule has 0 spiro atoms. The number of halogens is 1. The van der Waals surface area contributed by atoms with Gasteiger partial charge in [0, 0.05) is 10.5 Å². The Morgan fingerprint density at radius 2 is 2.28 bits per heavy atom. The number of benzene rings is 1. The van der Waals surface area contributed by atoms with Crippen molar-refractivity contribution in [2.45, 2.75) is 26.3 Å². The second-order valence-corrected chi connectivity index (χ2v) is 4.90. The van der Waals surface area contributed by atoms with E-state index in [0.29, 0.717) is 21.8 Å². The van der Waals surface area contributed by atoms with Crippen molar-refractivity contribution in [3.05, 3.63) is 28.2 Å². The summed E-state index contributed by atoms with van der Waals surface area (Å²) in [5.74, 6) is -0.0966. The fraction of sp³-hybridized carbons (Fsp3) is 0.385. The predicted octanol–water partition coefficient (Wildman–Crippen LogP) is 2.65. The highest BCUT2D eigenvalue weighted by Gasteiger charge is 2.07. The number of nitrogens with one attached hydrogen (secondary N) is 2. The second-order valence-electron chi connectivity index (χ2n) is 4.04. The minimum atomic E-state index is -0.0966. The fourth-order valence-corrected chi connectivity index (χ4v) is 1.77. The second kappa shape index (κ2) is 7.14. The molecule has 0 aliphatic rings. The zero-order valence-electron chi connectivity index (χ0n) is 10.5. The molecule has 5 heteroatoms. The Hall–Kier alpha value is -1.38. The predicted molar refractivity (Wildman–Crippen MR) is 75.2 cm³/mol. The topological polar surface area (TPSA) is 64.9 Å². The lowest BCUT2D eigenvalue weighted by Crippen LogP contribution is -2.34. The summed E-state index contributed by atoms with van der Waals surface area (Å²) in [5.41, 5.74) is 1.22. The summed E-state index contributed by atoms with van der Waals surface area (Å²) in [6.45, 7) is 4.37. The van der Waals surface area contributed by atoms with Crippen molar-refractivity contribution in [3.8, 4) is 6.07 Å². The zero-order chi connectivity index (χ0) is 13.5. The van der Waals surface area contributed by atoms with E-state index in [1.54, 1.807) is 18.2 Å². The Bertz CT molecular complexity index is 468. The quantitative estimate of drug-likeness (QED) is 0.879. The lowest BCUT2D eigenvalue weighted by atomic mass is 10.2. The molecule has 96 valence electrons. The van der Waals surface area contributed by atoms with Gasteiger partial charge >= 0.3 is 0 Å². The van der Waals surface area contributed by atoms with E-state index in [0.717, 1.165) is 6.42 Å². The molecule has 1 unspecified atom stereocenters. The van der Waals surface area contributed by atoms with Crippen LogP contribution in [0.2, 0.25) is 0 Å². The molecule has 0 radical (unpaired) electrons. The monoisotopic (exact) mass is 309 g/mol. The molecule has 1 aromatic rings. The minimum Gasteiger partial charge on any atom is -0.324 e. The van der Waals surface area contributed by atoms with Crippen LogP contribution in [-0.4, -0.2) is 18.5 Å². The maximum atomic E-state index is 11.7. The molecule has 0 heterocycles. The van der Waals surface area contributed by atoms with Gasteiger partial charge < -0.3 is 10.6 Å². The van der Waals surface area contributed by atoms with Gasteiger partial charge in [0.1, 0.15) is 0 Å². The Balaban J connectivity index is 2.57. The fourth-order valence-electron chi connectivity index (χ4n) is 1.29. The van der Waals surface area contributed by atoms with Crippen molar-refractivity contribution in [3.63, 3.8) is 0 Å². The first-order valence-corrected chi connectivity index (χ1v) is 6.59. The first kappa shape index (κ1) is 14.7. The summed E-state index contributed by atoms with van der Waals surface area (Å²) in [7, 11) is 0. The third kappa shape index (κ3) is 4.47. The SMILES string of the molecule is CCC(C)NCC(=O)Nc1ccc(C#N)cc1Br. The number of carbonyl (C=O) groups is 1. The van der Waals surface area contributed by atoms with Crippen LogP contribution in [0.5, 0.6) is 0 Å².